The summed E-state index contributed by atoms with van der Waals surface area (Å²) in [5, 5.41) is 25.6. The number of benzene rings is 3. The summed E-state index contributed by atoms with van der Waals surface area (Å²) in [6, 6.07) is 21.9. The first-order chi connectivity index (χ1) is 20.6. The number of carboxylic acid groups (broad SMARTS) is 1. The standard InChI is InChI=1S/C32H35N5O6/c1-20-7-6-10-25(15-20)26-16-27(37(18-26)32(41)42)30(39)35-21(2)29(38)34-17-22-11-13-24(14-12-22)28(33)36-31(40)43-19-23-8-4-3-5-9-23/h3-15,21,26-27H,16-19H2,1-2H3,(H,34,38)(H,35,39)(H,41,42)(H2,33,36,40)/t21?,26-,27+/m0/s1. The number of hydrogen-bond acceptors (Lipinski definition) is 6. The molecule has 0 saturated carbocycles. The lowest BCUT2D eigenvalue weighted by Gasteiger charge is -2.22. The van der Waals surface area contributed by atoms with Crippen molar-refractivity contribution in [2.24, 2.45) is 0 Å². The van der Waals surface area contributed by atoms with Gasteiger partial charge in [0.2, 0.25) is 11.8 Å². The lowest BCUT2D eigenvalue weighted by Crippen LogP contribution is -2.51. The highest BCUT2D eigenvalue weighted by atomic mass is 16.5. The van der Waals surface area contributed by atoms with Crippen molar-refractivity contribution in [2.45, 2.75) is 51.4 Å². The molecule has 1 heterocycles. The molecule has 3 aromatic carbocycles. The third-order valence-electron chi connectivity index (χ3n) is 7.26. The van der Waals surface area contributed by atoms with Gasteiger partial charge in [-0.15, -0.1) is 0 Å². The maximum atomic E-state index is 13.0. The molecule has 5 N–H and O–H groups in total. The van der Waals surface area contributed by atoms with Crippen LogP contribution >= 0.6 is 0 Å². The number of nitrogens with zero attached hydrogens (tertiary/aromatic N) is 1. The largest absolute Gasteiger partial charge is 0.465 e. The zero-order valence-electron chi connectivity index (χ0n) is 24.0. The second-order valence-electron chi connectivity index (χ2n) is 10.5. The molecule has 0 spiro atoms. The molecule has 1 aliphatic heterocycles. The lowest BCUT2D eigenvalue weighted by atomic mass is 9.95. The molecule has 3 aromatic rings. The van der Waals surface area contributed by atoms with E-state index in [0.29, 0.717) is 12.0 Å². The van der Waals surface area contributed by atoms with Crippen LogP contribution in [-0.2, 0) is 27.5 Å². The first-order valence-corrected chi connectivity index (χ1v) is 13.9. The Hall–Kier alpha value is -5.19. The van der Waals surface area contributed by atoms with Gasteiger partial charge >= 0.3 is 12.2 Å². The zero-order chi connectivity index (χ0) is 30.9. The summed E-state index contributed by atoms with van der Waals surface area (Å²) in [4.78, 5) is 50.8. The molecule has 3 atom stereocenters. The van der Waals surface area contributed by atoms with E-state index in [0.717, 1.165) is 27.2 Å². The Morgan fingerprint density at radius 2 is 1.72 bits per heavy atom. The minimum Gasteiger partial charge on any atom is -0.465 e. The molecule has 224 valence electrons. The second-order valence-corrected chi connectivity index (χ2v) is 10.5. The van der Waals surface area contributed by atoms with Crippen LogP contribution in [-0.4, -0.2) is 58.5 Å². The van der Waals surface area contributed by atoms with E-state index in [1.54, 1.807) is 24.3 Å². The topological polar surface area (TPSA) is 161 Å². The number of amides is 4. The van der Waals surface area contributed by atoms with Gasteiger partial charge in [0.15, 0.2) is 0 Å². The number of nitrogens with one attached hydrogen (secondary N) is 4. The second kappa shape index (κ2) is 14.1. The third-order valence-corrected chi connectivity index (χ3v) is 7.26. The van der Waals surface area contributed by atoms with Crippen LogP contribution in [0.2, 0.25) is 0 Å². The highest BCUT2D eigenvalue weighted by Gasteiger charge is 2.40. The highest BCUT2D eigenvalue weighted by molar-refractivity contribution is 6.04. The van der Waals surface area contributed by atoms with E-state index in [4.69, 9.17) is 10.1 Å². The summed E-state index contributed by atoms with van der Waals surface area (Å²) in [6.07, 6.45) is -1.59. The molecular formula is C32H35N5O6. The minimum atomic E-state index is -1.18. The Kier molecular flexibility index (Phi) is 10.1. The Bertz CT molecular complexity index is 1480. The van der Waals surface area contributed by atoms with Crippen molar-refractivity contribution in [1.29, 1.82) is 5.41 Å². The van der Waals surface area contributed by atoms with Crippen molar-refractivity contribution < 1.29 is 29.0 Å². The molecular weight excluding hydrogens is 550 g/mol. The van der Waals surface area contributed by atoms with E-state index in [-0.39, 0.29) is 31.4 Å². The van der Waals surface area contributed by atoms with E-state index in [2.05, 4.69) is 16.0 Å². The monoisotopic (exact) mass is 585 g/mol. The van der Waals surface area contributed by atoms with Crippen LogP contribution in [0.3, 0.4) is 0 Å². The van der Waals surface area contributed by atoms with Crippen LogP contribution in [0.5, 0.6) is 0 Å². The van der Waals surface area contributed by atoms with Gasteiger partial charge in [-0.1, -0.05) is 84.4 Å². The first kappa shape index (κ1) is 30.8. The van der Waals surface area contributed by atoms with Gasteiger partial charge in [-0.05, 0) is 37.0 Å². The van der Waals surface area contributed by atoms with E-state index in [1.807, 2.05) is 61.5 Å². The number of carbonyl (C=O) groups is 4. The molecule has 11 nitrogen and oxygen atoms in total. The molecule has 0 aromatic heterocycles. The molecule has 0 radical (unpaired) electrons. The van der Waals surface area contributed by atoms with E-state index in [1.165, 1.54) is 6.92 Å². The van der Waals surface area contributed by atoms with Crippen molar-refractivity contribution >= 4 is 29.8 Å². The number of carbonyl (C=O) groups excluding carboxylic acids is 3. The van der Waals surface area contributed by atoms with Crippen molar-refractivity contribution in [3.8, 4) is 0 Å². The molecule has 11 heteroatoms. The smallest absolute Gasteiger partial charge is 0.413 e. The maximum Gasteiger partial charge on any atom is 0.413 e. The van der Waals surface area contributed by atoms with Gasteiger partial charge in [-0.2, -0.15) is 0 Å². The summed E-state index contributed by atoms with van der Waals surface area (Å²) in [5.41, 5.74) is 4.06. The third kappa shape index (κ3) is 8.41. The van der Waals surface area contributed by atoms with Gasteiger partial charge in [0.1, 0.15) is 24.5 Å². The molecule has 43 heavy (non-hydrogen) atoms. The van der Waals surface area contributed by atoms with Gasteiger partial charge in [-0.3, -0.25) is 25.2 Å². The predicted octanol–water partition coefficient (Wildman–Crippen LogP) is 3.90. The van der Waals surface area contributed by atoms with Crippen LogP contribution < -0.4 is 16.0 Å². The van der Waals surface area contributed by atoms with Crippen LogP contribution in [0.1, 0.15) is 47.1 Å². The average Bonchev–Trinajstić information content (AvgIpc) is 3.46. The fourth-order valence-electron chi connectivity index (χ4n) is 4.90. The zero-order valence-corrected chi connectivity index (χ0v) is 24.0. The number of aryl methyl sites for hydroxylation is 1. The number of likely N-dealkylation sites (tertiary alicyclic amines) is 1. The van der Waals surface area contributed by atoms with E-state index in [9.17, 15) is 24.3 Å². The Balaban J connectivity index is 1.24. The Morgan fingerprint density at radius 1 is 1.00 bits per heavy atom. The Labute approximate surface area is 249 Å². The molecule has 1 aliphatic rings. The predicted molar refractivity (Wildman–Crippen MR) is 160 cm³/mol. The number of rotatable bonds is 9. The molecule has 1 fully saturated rings. The Morgan fingerprint density at radius 3 is 2.40 bits per heavy atom. The number of alkyl carbamates (subject to hydrolysis) is 1. The SMILES string of the molecule is Cc1cccc([C@H]2C[C@H](C(=O)NC(C)C(=O)NCc3ccc(C(=N)NC(=O)OCc4ccccc4)cc3)N(C(=O)O)C2)c1. The fraction of sp³-hybridized carbons (Fsp3) is 0.281. The first-order valence-electron chi connectivity index (χ1n) is 13.9. The molecule has 1 saturated heterocycles. The van der Waals surface area contributed by atoms with Gasteiger partial charge in [-0.25, -0.2) is 9.59 Å². The van der Waals surface area contributed by atoms with Gasteiger partial charge in [0, 0.05) is 24.6 Å². The van der Waals surface area contributed by atoms with Gasteiger partial charge < -0.3 is 20.5 Å². The lowest BCUT2D eigenvalue weighted by molar-refractivity contribution is -0.130. The molecule has 1 unspecified atom stereocenters. The molecule has 4 rings (SSSR count). The van der Waals surface area contributed by atoms with Crippen molar-refractivity contribution in [1.82, 2.24) is 20.9 Å². The maximum absolute atomic E-state index is 13.0. The van der Waals surface area contributed by atoms with Crippen molar-refractivity contribution in [2.75, 3.05) is 6.54 Å². The molecule has 0 aliphatic carbocycles. The highest BCUT2D eigenvalue weighted by Crippen LogP contribution is 2.32. The summed E-state index contributed by atoms with van der Waals surface area (Å²) in [5.74, 6) is -1.19. The summed E-state index contributed by atoms with van der Waals surface area (Å²) in [7, 11) is 0. The van der Waals surface area contributed by atoms with Gasteiger partial charge in [0.25, 0.3) is 0 Å². The number of amidine groups is 1. The molecule has 0 bridgehead atoms. The summed E-state index contributed by atoms with van der Waals surface area (Å²) >= 11 is 0. The fourth-order valence-corrected chi connectivity index (χ4v) is 4.90. The van der Waals surface area contributed by atoms with E-state index >= 15 is 0 Å². The molecule has 4 amide bonds. The summed E-state index contributed by atoms with van der Waals surface area (Å²) < 4.78 is 5.14. The quantitative estimate of drug-likeness (QED) is 0.189. The van der Waals surface area contributed by atoms with Crippen LogP contribution in [0.15, 0.2) is 78.9 Å². The normalized spacial score (nSPS) is 16.6. The summed E-state index contributed by atoms with van der Waals surface area (Å²) in [6.45, 7) is 3.96. The number of hydrogen-bond donors (Lipinski definition) is 5. The minimum absolute atomic E-state index is 0.0872. The average molecular weight is 586 g/mol. The van der Waals surface area contributed by atoms with Crippen LogP contribution in [0.4, 0.5) is 9.59 Å². The van der Waals surface area contributed by atoms with Crippen molar-refractivity contribution in [3.05, 3.63) is 107 Å². The van der Waals surface area contributed by atoms with Crippen LogP contribution in [0, 0.1) is 12.3 Å². The number of ether oxygens (including phenoxy) is 1. The van der Waals surface area contributed by atoms with Gasteiger partial charge in [0.05, 0.1) is 0 Å². The van der Waals surface area contributed by atoms with E-state index < -0.39 is 36.1 Å². The van der Waals surface area contributed by atoms with Crippen LogP contribution in [0.25, 0.3) is 0 Å². The van der Waals surface area contributed by atoms with Crippen molar-refractivity contribution in [3.63, 3.8) is 0 Å².